The summed E-state index contributed by atoms with van der Waals surface area (Å²) in [6.45, 7) is 2.93. The van der Waals surface area contributed by atoms with Crippen molar-refractivity contribution in [1.29, 1.82) is 5.26 Å². The molecule has 3 saturated heterocycles. The molecular weight excluding hydrogens is 591 g/mol. The van der Waals surface area contributed by atoms with Crippen LogP contribution in [-0.2, 0) is 0 Å². The third kappa shape index (κ3) is 5.28. The van der Waals surface area contributed by atoms with Gasteiger partial charge in [0.25, 0.3) is 0 Å². The fourth-order valence-corrected chi connectivity index (χ4v) is 7.54. The van der Waals surface area contributed by atoms with Crippen molar-refractivity contribution in [3.8, 4) is 35.7 Å². The second-order valence-electron chi connectivity index (χ2n) is 12.7. The molecule has 7 rings (SSSR count). The quantitative estimate of drug-likeness (QED) is 0.269. The van der Waals surface area contributed by atoms with Crippen molar-refractivity contribution < 1.29 is 17.9 Å². The maximum atomic E-state index is 16.8. The van der Waals surface area contributed by atoms with Crippen molar-refractivity contribution in [2.75, 3.05) is 44.7 Å². The summed E-state index contributed by atoms with van der Waals surface area (Å²) in [5, 5.41) is 14.4. The van der Waals surface area contributed by atoms with Crippen LogP contribution in [0.1, 0.15) is 49.7 Å². The minimum atomic E-state index is -0.922. The lowest BCUT2D eigenvalue weighted by Gasteiger charge is -2.31. The number of fused-ring (bicyclic) bond motifs is 3. The number of nitrogens with zero attached hydrogens (tertiary/aromatic N) is 6. The van der Waals surface area contributed by atoms with E-state index in [1.54, 1.807) is 6.07 Å². The molecule has 0 aliphatic carbocycles. The van der Waals surface area contributed by atoms with Crippen LogP contribution in [0, 0.1) is 35.3 Å². The van der Waals surface area contributed by atoms with Crippen molar-refractivity contribution in [1.82, 2.24) is 25.2 Å². The summed E-state index contributed by atoms with van der Waals surface area (Å²) in [5.41, 5.74) is -0.214. The van der Waals surface area contributed by atoms with Crippen LogP contribution in [0.2, 0.25) is 0 Å². The van der Waals surface area contributed by atoms with Crippen LogP contribution >= 0.6 is 0 Å². The van der Waals surface area contributed by atoms with Crippen molar-refractivity contribution >= 4 is 27.5 Å². The number of hydrogen-bond acceptors (Lipinski definition) is 8. The summed E-state index contributed by atoms with van der Waals surface area (Å²) in [6.07, 6.45) is 11.7. The van der Waals surface area contributed by atoms with Crippen LogP contribution in [0.25, 0.3) is 32.9 Å². The van der Waals surface area contributed by atoms with Gasteiger partial charge >= 0.3 is 6.01 Å². The zero-order valence-corrected chi connectivity index (χ0v) is 25.6. The monoisotopic (exact) mass is 625 g/mol. The third-order valence-corrected chi connectivity index (χ3v) is 9.74. The number of nitriles is 1. The van der Waals surface area contributed by atoms with Crippen LogP contribution in [0.5, 0.6) is 6.01 Å². The lowest BCUT2D eigenvalue weighted by Crippen LogP contribution is -2.44. The Bertz CT molecular complexity index is 1920. The second kappa shape index (κ2) is 12.1. The SMILES string of the molecule is C#Cc1c(F)ccc2cc(C#N)cc(-c3ncc4c(N(C)C[C@@H]5CCCCN5)nc(OC[C@@]56CCCN5C[C@H](F)C6)nc4c3F)c12. The molecule has 3 atom stereocenters. The number of anilines is 1. The molecule has 5 heterocycles. The fraction of sp³-hybridized carbons (Fsp3) is 0.429. The van der Waals surface area contributed by atoms with Gasteiger partial charge in [0.2, 0.25) is 0 Å². The molecule has 11 heteroatoms. The van der Waals surface area contributed by atoms with Gasteiger partial charge in [-0.15, -0.1) is 6.42 Å². The number of hydrogen-bond donors (Lipinski definition) is 1. The first-order valence-corrected chi connectivity index (χ1v) is 15.8. The summed E-state index contributed by atoms with van der Waals surface area (Å²) >= 11 is 0. The molecule has 0 bridgehead atoms. The summed E-state index contributed by atoms with van der Waals surface area (Å²) in [5.74, 6) is 1.42. The van der Waals surface area contributed by atoms with Crippen molar-refractivity contribution in [2.45, 2.75) is 56.3 Å². The molecule has 8 nitrogen and oxygen atoms in total. The smallest absolute Gasteiger partial charge is 0.319 e. The van der Waals surface area contributed by atoms with Gasteiger partial charge in [-0.3, -0.25) is 9.88 Å². The van der Waals surface area contributed by atoms with Crippen molar-refractivity contribution in [2.24, 2.45) is 0 Å². The molecule has 1 N–H and O–H groups in total. The van der Waals surface area contributed by atoms with E-state index in [0.29, 0.717) is 36.1 Å². The van der Waals surface area contributed by atoms with Crippen molar-refractivity contribution in [3.05, 3.63) is 53.2 Å². The molecule has 0 unspecified atom stereocenters. The number of piperidine rings is 1. The standard InChI is InChI=1S/C35H34F3N7O/c1-3-25-28(37)9-8-22-13-21(16-39)14-26(29(22)25)31-30(38)32-27(17-41-31)33(44(2)19-24-7-4-5-11-40-24)43-34(42-32)46-20-35-10-6-12-45(35)18-23(36)15-35/h1,8-9,13-14,17,23-24,40H,4-7,10-12,15,18-20H2,2H3/t23-,24+,35+/m1/s1. The fourth-order valence-electron chi connectivity index (χ4n) is 7.54. The highest BCUT2D eigenvalue weighted by molar-refractivity contribution is 6.02. The molecule has 2 aromatic carbocycles. The zero-order chi connectivity index (χ0) is 32.0. The number of ether oxygens (including phenoxy) is 1. The van der Waals surface area contributed by atoms with E-state index >= 15 is 4.39 Å². The van der Waals surface area contributed by atoms with Gasteiger partial charge in [-0.2, -0.15) is 15.2 Å². The Hall–Kier alpha value is -4.45. The number of likely N-dealkylation sites (N-methyl/N-ethyl adjacent to an activating group) is 1. The molecule has 3 aliphatic rings. The predicted octanol–water partition coefficient (Wildman–Crippen LogP) is 5.51. The van der Waals surface area contributed by atoms with Gasteiger partial charge in [0.15, 0.2) is 5.82 Å². The minimum Gasteiger partial charge on any atom is -0.461 e. The van der Waals surface area contributed by atoms with Gasteiger partial charge in [0, 0.05) is 49.7 Å². The summed E-state index contributed by atoms with van der Waals surface area (Å²) in [7, 11) is 1.89. The maximum absolute atomic E-state index is 16.8. The Morgan fingerprint density at radius 2 is 2.09 bits per heavy atom. The van der Waals surface area contributed by atoms with E-state index in [9.17, 15) is 14.0 Å². The molecule has 2 aromatic heterocycles. The molecule has 0 radical (unpaired) electrons. The van der Waals surface area contributed by atoms with E-state index in [2.05, 4.69) is 32.2 Å². The Morgan fingerprint density at radius 3 is 2.87 bits per heavy atom. The van der Waals surface area contributed by atoms with Crippen LogP contribution in [0.15, 0.2) is 30.5 Å². The third-order valence-electron chi connectivity index (χ3n) is 9.74. The van der Waals surface area contributed by atoms with Gasteiger partial charge in [0.1, 0.15) is 35.6 Å². The number of terminal acetylenes is 1. The van der Waals surface area contributed by atoms with Gasteiger partial charge in [0.05, 0.1) is 28.1 Å². The highest BCUT2D eigenvalue weighted by Gasteiger charge is 2.49. The molecule has 3 aliphatic heterocycles. The van der Waals surface area contributed by atoms with Gasteiger partial charge in [-0.05, 0) is 62.4 Å². The first-order valence-electron chi connectivity index (χ1n) is 15.8. The summed E-state index contributed by atoms with van der Waals surface area (Å²) in [6, 6.07) is 8.08. The molecule has 0 amide bonds. The molecule has 3 fully saturated rings. The Labute approximate surface area is 265 Å². The predicted molar refractivity (Wildman–Crippen MR) is 170 cm³/mol. The molecule has 0 spiro atoms. The second-order valence-corrected chi connectivity index (χ2v) is 12.7. The van der Waals surface area contributed by atoms with Crippen molar-refractivity contribution in [3.63, 3.8) is 0 Å². The largest absolute Gasteiger partial charge is 0.461 e. The summed E-state index contributed by atoms with van der Waals surface area (Å²) < 4.78 is 52.4. The molecule has 236 valence electrons. The number of rotatable bonds is 7. The van der Waals surface area contributed by atoms with Gasteiger partial charge < -0.3 is 15.0 Å². The lowest BCUT2D eigenvalue weighted by atomic mass is 9.94. The van der Waals surface area contributed by atoms with Crippen LogP contribution < -0.4 is 15.0 Å². The first-order chi connectivity index (χ1) is 22.3. The van der Waals surface area contributed by atoms with E-state index in [4.69, 9.17) is 16.1 Å². The Kier molecular flexibility index (Phi) is 7.92. The number of halogens is 3. The molecular formula is C35H34F3N7O. The van der Waals surface area contributed by atoms with Crippen LogP contribution in [-0.4, -0.2) is 77.4 Å². The molecule has 46 heavy (non-hydrogen) atoms. The normalized spacial score (nSPS) is 22.9. The molecule has 0 saturated carbocycles. The highest BCUT2D eigenvalue weighted by Crippen LogP contribution is 2.41. The van der Waals surface area contributed by atoms with E-state index in [1.807, 2.05) is 11.9 Å². The van der Waals surface area contributed by atoms with E-state index in [0.717, 1.165) is 45.2 Å². The highest BCUT2D eigenvalue weighted by atomic mass is 19.1. The number of nitrogens with one attached hydrogen (secondary N) is 1. The topological polar surface area (TPSA) is 90.2 Å². The lowest BCUT2D eigenvalue weighted by molar-refractivity contribution is 0.107. The van der Waals surface area contributed by atoms with E-state index in [-0.39, 0.29) is 51.9 Å². The average Bonchev–Trinajstić information content (AvgIpc) is 3.59. The molecule has 4 aromatic rings. The summed E-state index contributed by atoms with van der Waals surface area (Å²) in [4.78, 5) is 17.9. The van der Waals surface area contributed by atoms with Gasteiger partial charge in [-0.1, -0.05) is 18.4 Å². The van der Waals surface area contributed by atoms with Crippen LogP contribution in [0.3, 0.4) is 0 Å². The zero-order valence-electron chi connectivity index (χ0n) is 25.6. The Balaban J connectivity index is 1.36. The van der Waals surface area contributed by atoms with Gasteiger partial charge in [-0.25, -0.2) is 13.2 Å². The minimum absolute atomic E-state index is 0.0171. The van der Waals surface area contributed by atoms with E-state index in [1.165, 1.54) is 24.4 Å². The van der Waals surface area contributed by atoms with Crippen LogP contribution in [0.4, 0.5) is 19.0 Å². The Morgan fingerprint density at radius 1 is 1.22 bits per heavy atom. The number of aromatic nitrogens is 3. The number of pyridine rings is 1. The average molecular weight is 626 g/mol. The first kappa shape index (κ1) is 30.2. The van der Waals surface area contributed by atoms with E-state index < -0.39 is 23.3 Å². The maximum Gasteiger partial charge on any atom is 0.319 e. The number of benzene rings is 2. The number of alkyl halides is 1.